The van der Waals surface area contributed by atoms with Crippen molar-refractivity contribution in [2.45, 2.75) is 13.0 Å². The normalized spacial score (nSPS) is 12.1. The summed E-state index contributed by atoms with van der Waals surface area (Å²) in [5, 5.41) is 2.20. The molecule has 0 saturated heterocycles. The summed E-state index contributed by atoms with van der Waals surface area (Å²) in [6.07, 6.45) is 0.835. The first-order chi connectivity index (χ1) is 17.0. The Bertz CT molecular complexity index is 1410. The number of pyridine rings is 1. The Morgan fingerprint density at radius 3 is 2.06 bits per heavy atom. The molecule has 0 spiro atoms. The van der Waals surface area contributed by atoms with Crippen molar-refractivity contribution in [3.05, 3.63) is 60.2 Å². The zero-order chi connectivity index (χ0) is 24.7. The third-order valence-corrected chi connectivity index (χ3v) is 6.75. The molecule has 6 nitrogen and oxygen atoms in total. The van der Waals surface area contributed by atoms with E-state index >= 15 is 0 Å². The number of fused-ring (bicyclic) bond motifs is 4. The maximum Gasteiger partial charge on any atom is 0.284 e. The van der Waals surface area contributed by atoms with Crippen LogP contribution in [0.15, 0.2) is 54.6 Å². The van der Waals surface area contributed by atoms with Crippen molar-refractivity contribution >= 4 is 16.6 Å². The van der Waals surface area contributed by atoms with Crippen LogP contribution in [0.1, 0.15) is 5.56 Å². The number of aromatic nitrogens is 1. The van der Waals surface area contributed by atoms with Crippen LogP contribution in [0.25, 0.3) is 33.2 Å². The largest absolute Gasteiger partial charge is 0.493 e. The molecule has 0 amide bonds. The standard InChI is InChI=1S/C29H31N2O4/c1-30(2)29-22-17-26(33-4)25(32-3)15-19(22)14-24-23-16-21(18-10-8-7-9-11-18)28(35-6)27(34-5)20(23)12-13-31(24)29/h7-11,14-17H,12-13H2,1-6H3/q+1. The average molecular weight is 472 g/mol. The number of nitrogens with zero attached hydrogens (tertiary/aromatic N) is 2. The highest BCUT2D eigenvalue weighted by atomic mass is 16.5. The lowest BCUT2D eigenvalue weighted by Gasteiger charge is -2.26. The van der Waals surface area contributed by atoms with E-state index in [0.29, 0.717) is 5.75 Å². The van der Waals surface area contributed by atoms with Crippen LogP contribution in [-0.4, -0.2) is 42.5 Å². The Kier molecular flexibility index (Phi) is 5.89. The molecule has 0 unspecified atom stereocenters. The van der Waals surface area contributed by atoms with Crippen molar-refractivity contribution in [1.82, 2.24) is 0 Å². The molecular weight excluding hydrogens is 440 g/mol. The first-order valence-electron chi connectivity index (χ1n) is 11.7. The monoisotopic (exact) mass is 471 g/mol. The van der Waals surface area contributed by atoms with Gasteiger partial charge in [0.25, 0.3) is 5.82 Å². The predicted molar refractivity (Wildman–Crippen MR) is 139 cm³/mol. The van der Waals surface area contributed by atoms with Gasteiger partial charge in [0.1, 0.15) is 5.69 Å². The van der Waals surface area contributed by atoms with Gasteiger partial charge in [-0.2, -0.15) is 0 Å². The molecule has 0 radical (unpaired) electrons. The highest BCUT2D eigenvalue weighted by molar-refractivity contribution is 5.96. The van der Waals surface area contributed by atoms with E-state index in [4.69, 9.17) is 18.9 Å². The number of ether oxygens (including phenoxy) is 4. The fraction of sp³-hybridized carbons (Fsp3) is 0.276. The number of hydrogen-bond donors (Lipinski definition) is 0. The maximum absolute atomic E-state index is 5.96. The van der Waals surface area contributed by atoms with Crippen LogP contribution in [0.4, 0.5) is 5.82 Å². The molecule has 0 fully saturated rings. The third-order valence-electron chi connectivity index (χ3n) is 6.75. The minimum Gasteiger partial charge on any atom is -0.493 e. The van der Waals surface area contributed by atoms with Crippen LogP contribution in [0.3, 0.4) is 0 Å². The summed E-state index contributed by atoms with van der Waals surface area (Å²) >= 11 is 0. The van der Waals surface area contributed by atoms with E-state index in [2.05, 4.69) is 60.0 Å². The summed E-state index contributed by atoms with van der Waals surface area (Å²) in [4.78, 5) is 2.17. The lowest BCUT2D eigenvalue weighted by molar-refractivity contribution is -0.674. The molecule has 0 aliphatic carbocycles. The van der Waals surface area contributed by atoms with Crippen molar-refractivity contribution in [3.8, 4) is 45.4 Å². The topological polar surface area (TPSA) is 44.0 Å². The second-order valence-corrected chi connectivity index (χ2v) is 8.83. The van der Waals surface area contributed by atoms with Crippen molar-refractivity contribution in [1.29, 1.82) is 0 Å². The maximum atomic E-state index is 5.96. The molecule has 35 heavy (non-hydrogen) atoms. The van der Waals surface area contributed by atoms with Gasteiger partial charge in [0.15, 0.2) is 23.0 Å². The molecule has 0 saturated carbocycles. The lowest BCUT2D eigenvalue weighted by atomic mass is 9.90. The number of hydrogen-bond acceptors (Lipinski definition) is 5. The molecule has 1 aromatic heterocycles. The summed E-state index contributed by atoms with van der Waals surface area (Å²) in [7, 11) is 10.9. The molecule has 180 valence electrons. The molecule has 3 aromatic carbocycles. The first kappa shape index (κ1) is 22.8. The Morgan fingerprint density at radius 1 is 0.743 bits per heavy atom. The molecule has 0 N–H and O–H groups in total. The van der Waals surface area contributed by atoms with Gasteiger partial charge in [-0.25, -0.2) is 4.57 Å². The fourth-order valence-corrected chi connectivity index (χ4v) is 5.25. The van der Waals surface area contributed by atoms with Gasteiger partial charge < -0.3 is 18.9 Å². The molecule has 0 atom stereocenters. The highest BCUT2D eigenvalue weighted by Crippen LogP contribution is 2.47. The van der Waals surface area contributed by atoms with Crippen LogP contribution in [-0.2, 0) is 13.0 Å². The van der Waals surface area contributed by atoms with E-state index in [1.54, 1.807) is 28.4 Å². The van der Waals surface area contributed by atoms with Crippen molar-refractivity contribution < 1.29 is 23.5 Å². The van der Waals surface area contributed by atoms with E-state index in [1.165, 1.54) is 0 Å². The van der Waals surface area contributed by atoms with Gasteiger partial charge in [-0.15, -0.1) is 0 Å². The van der Waals surface area contributed by atoms with Crippen LogP contribution in [0.2, 0.25) is 0 Å². The lowest BCUT2D eigenvalue weighted by Crippen LogP contribution is -2.45. The molecule has 0 bridgehead atoms. The minimum atomic E-state index is 0.711. The van der Waals surface area contributed by atoms with Crippen LogP contribution in [0.5, 0.6) is 23.0 Å². The Morgan fingerprint density at radius 2 is 1.43 bits per heavy atom. The number of anilines is 1. The Labute approximate surface area is 206 Å². The SMILES string of the molecule is COc1cc2cc3[n+](c(N(C)C)c2cc1OC)CCc1c-3cc(-c2ccccc2)c(OC)c1OC. The smallest absolute Gasteiger partial charge is 0.284 e. The molecule has 1 aliphatic rings. The summed E-state index contributed by atoms with van der Waals surface area (Å²) in [5.41, 5.74) is 5.53. The number of rotatable bonds is 6. The molecule has 1 aliphatic heterocycles. The minimum absolute atomic E-state index is 0.711. The van der Waals surface area contributed by atoms with E-state index in [1.807, 2.05) is 18.2 Å². The summed E-state index contributed by atoms with van der Waals surface area (Å²) in [6.45, 7) is 0.824. The molecule has 5 rings (SSSR count). The number of benzene rings is 3. The zero-order valence-electron chi connectivity index (χ0n) is 21.1. The van der Waals surface area contributed by atoms with Gasteiger partial charge in [0.05, 0.1) is 54.5 Å². The molecular formula is C29H31N2O4+. The summed E-state index contributed by atoms with van der Waals surface area (Å²) in [6, 6.07) is 18.9. The second-order valence-electron chi connectivity index (χ2n) is 8.83. The zero-order valence-corrected chi connectivity index (χ0v) is 21.1. The molecule has 2 heterocycles. The van der Waals surface area contributed by atoms with Gasteiger partial charge >= 0.3 is 0 Å². The Balaban J connectivity index is 1.87. The third kappa shape index (κ3) is 3.60. The van der Waals surface area contributed by atoms with Gasteiger partial charge in [0.2, 0.25) is 0 Å². The van der Waals surface area contributed by atoms with Gasteiger partial charge in [-0.3, -0.25) is 4.90 Å². The highest BCUT2D eigenvalue weighted by Gasteiger charge is 2.32. The van der Waals surface area contributed by atoms with Gasteiger partial charge in [0, 0.05) is 29.2 Å². The van der Waals surface area contributed by atoms with Crippen LogP contribution in [0, 0.1) is 0 Å². The van der Waals surface area contributed by atoms with E-state index in [-0.39, 0.29) is 0 Å². The molecule has 6 heteroatoms. The average Bonchev–Trinajstić information content (AvgIpc) is 2.89. The van der Waals surface area contributed by atoms with Gasteiger partial charge in [-0.05, 0) is 29.1 Å². The summed E-state index contributed by atoms with van der Waals surface area (Å²) < 4.78 is 25.5. The predicted octanol–water partition coefficient (Wildman–Crippen LogP) is 5.12. The van der Waals surface area contributed by atoms with Crippen molar-refractivity contribution in [2.24, 2.45) is 0 Å². The van der Waals surface area contributed by atoms with Crippen LogP contribution >= 0.6 is 0 Å². The Hall–Kier alpha value is -3.93. The summed E-state index contributed by atoms with van der Waals surface area (Å²) in [5.74, 6) is 4.13. The fourth-order valence-electron chi connectivity index (χ4n) is 5.25. The van der Waals surface area contributed by atoms with E-state index in [0.717, 1.165) is 74.8 Å². The quantitative estimate of drug-likeness (QED) is 0.365. The first-order valence-corrected chi connectivity index (χ1v) is 11.7. The van der Waals surface area contributed by atoms with Crippen molar-refractivity contribution in [2.75, 3.05) is 47.4 Å². The number of methoxy groups -OCH3 is 4. The van der Waals surface area contributed by atoms with E-state index in [9.17, 15) is 0 Å². The second kappa shape index (κ2) is 9.02. The molecule has 4 aromatic rings. The van der Waals surface area contributed by atoms with E-state index < -0.39 is 0 Å². The van der Waals surface area contributed by atoms with Crippen LogP contribution < -0.4 is 28.4 Å². The van der Waals surface area contributed by atoms with Gasteiger partial charge in [-0.1, -0.05) is 30.3 Å². The van der Waals surface area contributed by atoms with Crippen molar-refractivity contribution in [3.63, 3.8) is 0 Å².